The van der Waals surface area contributed by atoms with Crippen LogP contribution in [0, 0.1) is 0 Å². The monoisotopic (exact) mass is 430 g/mol. The molecule has 5 rings (SSSR count). The van der Waals surface area contributed by atoms with Crippen LogP contribution in [0.15, 0.2) is 87.8 Å². The molecule has 0 aliphatic heterocycles. The van der Waals surface area contributed by atoms with Gasteiger partial charge in [-0.2, -0.15) is 5.10 Å². The minimum Gasteiger partial charge on any atom is -0.410 e. The first kappa shape index (κ1) is 19.3. The Morgan fingerprint density at radius 3 is 2.58 bits per heavy atom. The van der Waals surface area contributed by atoms with E-state index in [1.807, 2.05) is 59.3 Å². The fourth-order valence-electron chi connectivity index (χ4n) is 3.28. The van der Waals surface area contributed by atoms with Crippen LogP contribution in [0.3, 0.4) is 0 Å². The second kappa shape index (κ2) is 8.57. The molecule has 0 spiro atoms. The SMILES string of the molecule is O=c1c2ccccc2c(-c2nnc(SCCn3ccnc3)o2)nn1Cc1ccccc1. The molecule has 31 heavy (non-hydrogen) atoms. The van der Waals surface area contributed by atoms with Gasteiger partial charge in [-0.15, -0.1) is 10.2 Å². The van der Waals surface area contributed by atoms with E-state index >= 15 is 0 Å². The van der Waals surface area contributed by atoms with Crippen molar-refractivity contribution in [3.05, 3.63) is 89.2 Å². The Hall–Kier alpha value is -3.72. The number of imidazole rings is 1. The normalized spacial score (nSPS) is 11.2. The van der Waals surface area contributed by atoms with Gasteiger partial charge >= 0.3 is 0 Å². The van der Waals surface area contributed by atoms with E-state index < -0.39 is 0 Å². The third kappa shape index (κ3) is 4.13. The number of thioether (sulfide) groups is 1. The third-order valence-electron chi connectivity index (χ3n) is 4.79. The van der Waals surface area contributed by atoms with E-state index in [2.05, 4.69) is 20.3 Å². The molecular weight excluding hydrogens is 412 g/mol. The number of benzene rings is 2. The summed E-state index contributed by atoms with van der Waals surface area (Å²) in [4.78, 5) is 17.0. The van der Waals surface area contributed by atoms with Gasteiger partial charge in [-0.05, 0) is 11.6 Å². The molecule has 8 nitrogen and oxygen atoms in total. The smallest absolute Gasteiger partial charge is 0.276 e. The first-order valence-electron chi connectivity index (χ1n) is 9.74. The highest BCUT2D eigenvalue weighted by atomic mass is 32.2. The Kier molecular flexibility index (Phi) is 5.32. The summed E-state index contributed by atoms with van der Waals surface area (Å²) in [5.74, 6) is 1.06. The second-order valence-electron chi connectivity index (χ2n) is 6.86. The van der Waals surface area contributed by atoms with Gasteiger partial charge in [0.25, 0.3) is 16.7 Å². The van der Waals surface area contributed by atoms with E-state index in [0.717, 1.165) is 17.9 Å². The number of nitrogens with zero attached hydrogens (tertiary/aromatic N) is 6. The molecule has 0 radical (unpaired) electrons. The van der Waals surface area contributed by atoms with Crippen LogP contribution in [0.5, 0.6) is 0 Å². The van der Waals surface area contributed by atoms with Gasteiger partial charge in [0.05, 0.1) is 18.3 Å². The van der Waals surface area contributed by atoms with Crippen molar-refractivity contribution in [3.63, 3.8) is 0 Å². The van der Waals surface area contributed by atoms with Crippen LogP contribution in [0.25, 0.3) is 22.4 Å². The molecule has 0 unspecified atom stereocenters. The van der Waals surface area contributed by atoms with Crippen LogP contribution < -0.4 is 5.56 Å². The van der Waals surface area contributed by atoms with Crippen molar-refractivity contribution in [1.29, 1.82) is 0 Å². The van der Waals surface area contributed by atoms with Crippen molar-refractivity contribution in [2.45, 2.75) is 18.3 Å². The van der Waals surface area contributed by atoms with Gasteiger partial charge in [-0.25, -0.2) is 9.67 Å². The van der Waals surface area contributed by atoms with Gasteiger partial charge < -0.3 is 8.98 Å². The Bertz CT molecular complexity index is 1360. The Morgan fingerprint density at radius 2 is 1.77 bits per heavy atom. The molecule has 0 amide bonds. The van der Waals surface area contributed by atoms with Gasteiger partial charge in [0, 0.05) is 30.1 Å². The molecule has 0 aliphatic rings. The standard InChI is InChI=1S/C22H18N6O2S/c29-21-18-9-5-4-8-17(18)19(26-28(21)14-16-6-2-1-3-7-16)20-24-25-22(30-20)31-13-12-27-11-10-23-15-27/h1-11,15H,12-14H2. The van der Waals surface area contributed by atoms with E-state index in [-0.39, 0.29) is 5.56 Å². The van der Waals surface area contributed by atoms with Crippen molar-refractivity contribution in [2.75, 3.05) is 5.75 Å². The maximum Gasteiger partial charge on any atom is 0.276 e. The van der Waals surface area contributed by atoms with E-state index in [0.29, 0.717) is 34.1 Å². The lowest BCUT2D eigenvalue weighted by Crippen LogP contribution is -2.24. The molecule has 154 valence electrons. The highest BCUT2D eigenvalue weighted by molar-refractivity contribution is 7.99. The maximum absolute atomic E-state index is 13.0. The average Bonchev–Trinajstić information content (AvgIpc) is 3.49. The lowest BCUT2D eigenvalue weighted by molar-refractivity contribution is 0.462. The molecule has 2 aromatic carbocycles. The summed E-state index contributed by atoms with van der Waals surface area (Å²) >= 11 is 1.46. The molecule has 0 atom stereocenters. The number of rotatable bonds is 7. The molecule has 0 saturated carbocycles. The molecular formula is C22H18N6O2S. The molecule has 0 bridgehead atoms. The summed E-state index contributed by atoms with van der Waals surface area (Å²) in [5.41, 5.74) is 1.33. The number of hydrogen-bond acceptors (Lipinski definition) is 7. The van der Waals surface area contributed by atoms with Crippen molar-refractivity contribution < 1.29 is 4.42 Å². The molecule has 0 saturated heterocycles. The maximum atomic E-state index is 13.0. The summed E-state index contributed by atoms with van der Waals surface area (Å²) in [7, 11) is 0. The highest BCUT2D eigenvalue weighted by Crippen LogP contribution is 2.26. The number of hydrogen-bond donors (Lipinski definition) is 0. The van der Waals surface area contributed by atoms with Crippen molar-refractivity contribution in [2.24, 2.45) is 0 Å². The first-order valence-corrected chi connectivity index (χ1v) is 10.7. The zero-order chi connectivity index (χ0) is 21.0. The number of aryl methyl sites for hydroxylation is 1. The zero-order valence-corrected chi connectivity index (χ0v) is 17.3. The average molecular weight is 430 g/mol. The Balaban J connectivity index is 1.47. The van der Waals surface area contributed by atoms with Gasteiger partial charge in [-0.3, -0.25) is 4.79 Å². The van der Waals surface area contributed by atoms with Crippen LogP contribution in [0.2, 0.25) is 0 Å². The number of aromatic nitrogens is 6. The molecule has 0 N–H and O–H groups in total. The van der Waals surface area contributed by atoms with Crippen LogP contribution in [-0.4, -0.2) is 35.3 Å². The van der Waals surface area contributed by atoms with Crippen molar-refractivity contribution in [3.8, 4) is 11.6 Å². The fraction of sp³-hybridized carbons (Fsp3) is 0.136. The quantitative estimate of drug-likeness (QED) is 0.365. The molecule has 3 heterocycles. The van der Waals surface area contributed by atoms with E-state index in [9.17, 15) is 4.79 Å². The topological polar surface area (TPSA) is 91.6 Å². The van der Waals surface area contributed by atoms with Gasteiger partial charge in [0.15, 0.2) is 5.69 Å². The zero-order valence-electron chi connectivity index (χ0n) is 16.5. The summed E-state index contributed by atoms with van der Waals surface area (Å²) in [6.07, 6.45) is 5.42. The van der Waals surface area contributed by atoms with E-state index in [1.54, 1.807) is 18.6 Å². The van der Waals surface area contributed by atoms with Gasteiger partial charge in [-0.1, -0.05) is 60.3 Å². The van der Waals surface area contributed by atoms with E-state index in [1.165, 1.54) is 16.4 Å². The summed E-state index contributed by atoms with van der Waals surface area (Å²) in [6.45, 7) is 1.14. The highest BCUT2D eigenvalue weighted by Gasteiger charge is 2.17. The molecule has 3 aromatic heterocycles. The predicted molar refractivity (Wildman–Crippen MR) is 118 cm³/mol. The summed E-state index contributed by atoms with van der Waals surface area (Å²) in [6, 6.07) is 17.1. The second-order valence-corrected chi connectivity index (χ2v) is 7.91. The first-order chi connectivity index (χ1) is 15.3. The molecule has 0 aliphatic carbocycles. The molecule has 5 aromatic rings. The Labute approximate surface area is 181 Å². The minimum atomic E-state index is -0.155. The van der Waals surface area contributed by atoms with Gasteiger partial charge in [0.1, 0.15) is 0 Å². The summed E-state index contributed by atoms with van der Waals surface area (Å²) in [5, 5.41) is 14.6. The third-order valence-corrected chi connectivity index (χ3v) is 5.58. The Morgan fingerprint density at radius 1 is 0.968 bits per heavy atom. The lowest BCUT2D eigenvalue weighted by Gasteiger charge is -2.09. The largest absolute Gasteiger partial charge is 0.410 e. The van der Waals surface area contributed by atoms with E-state index in [4.69, 9.17) is 4.42 Å². The van der Waals surface area contributed by atoms with Crippen molar-refractivity contribution >= 4 is 22.5 Å². The summed E-state index contributed by atoms with van der Waals surface area (Å²) < 4.78 is 9.31. The van der Waals surface area contributed by atoms with Crippen LogP contribution >= 0.6 is 11.8 Å². The molecule has 0 fully saturated rings. The number of fused-ring (bicyclic) bond motifs is 1. The van der Waals surface area contributed by atoms with Crippen LogP contribution in [0.1, 0.15) is 5.56 Å². The fourth-order valence-corrected chi connectivity index (χ4v) is 3.99. The van der Waals surface area contributed by atoms with Crippen LogP contribution in [0.4, 0.5) is 0 Å². The minimum absolute atomic E-state index is 0.155. The predicted octanol–water partition coefficient (Wildman–Crippen LogP) is 3.48. The van der Waals surface area contributed by atoms with Crippen LogP contribution in [-0.2, 0) is 13.1 Å². The van der Waals surface area contributed by atoms with Crippen molar-refractivity contribution in [1.82, 2.24) is 29.5 Å². The lowest BCUT2D eigenvalue weighted by atomic mass is 10.1. The molecule has 9 heteroatoms. The van der Waals surface area contributed by atoms with Gasteiger partial charge in [0.2, 0.25) is 0 Å².